The van der Waals surface area contributed by atoms with Crippen LogP contribution in [-0.4, -0.2) is 12.6 Å². The predicted molar refractivity (Wildman–Crippen MR) is 57.5 cm³/mol. The van der Waals surface area contributed by atoms with E-state index in [-0.39, 0.29) is 11.3 Å². The molecular formula is C12H11F3O2. The summed E-state index contributed by atoms with van der Waals surface area (Å²) < 4.78 is 40.2. The molecule has 0 saturated carbocycles. The van der Waals surface area contributed by atoms with Gasteiger partial charge in [-0.2, -0.15) is 0 Å². The third kappa shape index (κ3) is 4.30. The molecule has 0 saturated heterocycles. The Morgan fingerprint density at radius 1 is 1.35 bits per heavy atom. The van der Waals surface area contributed by atoms with E-state index < -0.39 is 6.36 Å². The van der Waals surface area contributed by atoms with Crippen LogP contribution in [0.1, 0.15) is 18.9 Å². The third-order valence-electron chi connectivity index (χ3n) is 2.05. The van der Waals surface area contributed by atoms with Crippen molar-refractivity contribution < 1.29 is 22.7 Å². The summed E-state index contributed by atoms with van der Waals surface area (Å²) in [6, 6.07) is 5.68. The van der Waals surface area contributed by atoms with Crippen LogP contribution in [0.4, 0.5) is 13.2 Å². The van der Waals surface area contributed by atoms with E-state index >= 15 is 0 Å². The number of allylic oxidation sites excluding steroid dienone is 1. The summed E-state index contributed by atoms with van der Waals surface area (Å²) in [6.07, 6.45) is -2.29. The normalized spacial score (nSPS) is 12.4. The van der Waals surface area contributed by atoms with Gasteiger partial charge >= 0.3 is 6.36 Å². The van der Waals surface area contributed by atoms with E-state index in [0.29, 0.717) is 18.3 Å². The smallest absolute Gasteiger partial charge is 0.405 e. The summed E-state index contributed by atoms with van der Waals surface area (Å²) in [7, 11) is 0. The maximum absolute atomic E-state index is 12.1. The molecule has 0 aliphatic carbocycles. The zero-order valence-electron chi connectivity index (χ0n) is 9.12. The Labute approximate surface area is 96.7 Å². The molecule has 0 bridgehead atoms. The Balaban J connectivity index is 3.08. The first-order chi connectivity index (χ1) is 7.96. The maximum atomic E-state index is 12.1. The molecule has 0 fully saturated rings. The van der Waals surface area contributed by atoms with Crippen LogP contribution >= 0.6 is 0 Å². The molecule has 0 aliphatic rings. The van der Waals surface area contributed by atoms with Crippen molar-refractivity contribution in [3.05, 3.63) is 35.4 Å². The minimum absolute atomic E-state index is 0.230. The molecule has 0 aromatic heterocycles. The summed E-state index contributed by atoms with van der Waals surface area (Å²) in [5.74, 6) is -0.312. The van der Waals surface area contributed by atoms with Gasteiger partial charge in [0.05, 0.1) is 0 Å². The van der Waals surface area contributed by atoms with Crippen LogP contribution in [0.3, 0.4) is 0 Å². The largest absolute Gasteiger partial charge is 0.573 e. The molecule has 0 N–H and O–H groups in total. The Bertz CT molecular complexity index is 422. The number of carbonyl (C=O) groups excluding carboxylic acids is 1. The first-order valence-corrected chi connectivity index (χ1v) is 4.96. The molecule has 0 amide bonds. The van der Waals surface area contributed by atoms with Gasteiger partial charge in [0.1, 0.15) is 12.0 Å². The van der Waals surface area contributed by atoms with Crippen LogP contribution in [0.2, 0.25) is 0 Å². The quantitative estimate of drug-likeness (QED) is 0.597. The van der Waals surface area contributed by atoms with Crippen molar-refractivity contribution in [2.45, 2.75) is 19.7 Å². The second-order valence-electron chi connectivity index (χ2n) is 3.28. The molecule has 0 heterocycles. The average molecular weight is 244 g/mol. The Morgan fingerprint density at radius 2 is 2.00 bits per heavy atom. The number of carbonyl (C=O) groups is 1. The zero-order valence-corrected chi connectivity index (χ0v) is 9.12. The molecule has 2 nitrogen and oxygen atoms in total. The number of aldehydes is 1. The van der Waals surface area contributed by atoms with E-state index in [1.807, 2.05) is 0 Å². The van der Waals surface area contributed by atoms with Crippen molar-refractivity contribution in [2.24, 2.45) is 0 Å². The van der Waals surface area contributed by atoms with Crippen LogP contribution in [0, 0.1) is 0 Å². The van der Waals surface area contributed by atoms with E-state index in [4.69, 9.17) is 0 Å². The lowest BCUT2D eigenvalue weighted by atomic mass is 10.1. The van der Waals surface area contributed by atoms with E-state index in [9.17, 15) is 18.0 Å². The zero-order chi connectivity index (χ0) is 12.9. The summed E-state index contributed by atoms with van der Waals surface area (Å²) in [5.41, 5.74) is 0.636. The van der Waals surface area contributed by atoms with E-state index in [0.717, 1.165) is 0 Å². The fourth-order valence-electron chi connectivity index (χ4n) is 1.24. The summed E-state index contributed by atoms with van der Waals surface area (Å²) in [5, 5.41) is 0. The van der Waals surface area contributed by atoms with Gasteiger partial charge in [0.25, 0.3) is 0 Å². The van der Waals surface area contributed by atoms with Crippen molar-refractivity contribution >= 4 is 12.4 Å². The lowest BCUT2D eigenvalue weighted by Crippen LogP contribution is -2.17. The highest BCUT2D eigenvalue weighted by Crippen LogP contribution is 2.27. The number of benzene rings is 1. The second-order valence-corrected chi connectivity index (χ2v) is 3.28. The van der Waals surface area contributed by atoms with Gasteiger partial charge in [0.2, 0.25) is 0 Å². The molecule has 1 aromatic rings. The van der Waals surface area contributed by atoms with Crippen LogP contribution in [0.25, 0.3) is 6.08 Å². The molecule has 1 aromatic carbocycles. The van der Waals surface area contributed by atoms with Crippen LogP contribution < -0.4 is 4.74 Å². The number of para-hydroxylation sites is 1. The fraction of sp³-hybridized carbons (Fsp3) is 0.250. The number of hydrogen-bond donors (Lipinski definition) is 0. The second kappa shape index (κ2) is 5.52. The average Bonchev–Trinajstić information content (AvgIpc) is 2.26. The monoisotopic (exact) mass is 244 g/mol. The molecule has 1 rings (SSSR count). The molecule has 17 heavy (non-hydrogen) atoms. The topological polar surface area (TPSA) is 26.3 Å². The number of alkyl halides is 3. The number of hydrogen-bond acceptors (Lipinski definition) is 2. The molecule has 0 unspecified atom stereocenters. The third-order valence-corrected chi connectivity index (χ3v) is 2.05. The number of halogens is 3. The van der Waals surface area contributed by atoms with Gasteiger partial charge in [-0.25, -0.2) is 0 Å². The minimum Gasteiger partial charge on any atom is -0.405 e. The van der Waals surface area contributed by atoms with E-state index in [1.54, 1.807) is 13.0 Å². The molecule has 0 atom stereocenters. The van der Waals surface area contributed by atoms with Crippen LogP contribution in [-0.2, 0) is 4.79 Å². The Morgan fingerprint density at radius 3 is 2.53 bits per heavy atom. The van der Waals surface area contributed by atoms with Crippen molar-refractivity contribution in [1.82, 2.24) is 0 Å². The highest BCUT2D eigenvalue weighted by atomic mass is 19.4. The number of rotatable bonds is 4. The van der Waals surface area contributed by atoms with Crippen molar-refractivity contribution in [1.29, 1.82) is 0 Å². The first-order valence-electron chi connectivity index (χ1n) is 4.96. The van der Waals surface area contributed by atoms with Gasteiger partial charge < -0.3 is 4.74 Å². The first kappa shape index (κ1) is 13.3. The molecule has 92 valence electrons. The highest BCUT2D eigenvalue weighted by Gasteiger charge is 2.31. The summed E-state index contributed by atoms with van der Waals surface area (Å²) in [6.45, 7) is 1.74. The summed E-state index contributed by atoms with van der Waals surface area (Å²) >= 11 is 0. The van der Waals surface area contributed by atoms with Gasteiger partial charge in [-0.3, -0.25) is 4.79 Å². The van der Waals surface area contributed by atoms with Gasteiger partial charge in [-0.1, -0.05) is 25.1 Å². The van der Waals surface area contributed by atoms with Crippen LogP contribution in [0.5, 0.6) is 5.75 Å². The summed E-state index contributed by atoms with van der Waals surface area (Å²) in [4.78, 5) is 10.6. The fourth-order valence-corrected chi connectivity index (χ4v) is 1.24. The van der Waals surface area contributed by atoms with E-state index in [2.05, 4.69) is 4.74 Å². The lowest BCUT2D eigenvalue weighted by molar-refractivity contribution is -0.274. The SMILES string of the molecule is CCC(C=O)=Cc1ccccc1OC(F)(F)F. The Kier molecular flexibility index (Phi) is 4.31. The van der Waals surface area contributed by atoms with Crippen molar-refractivity contribution in [3.8, 4) is 5.75 Å². The van der Waals surface area contributed by atoms with Crippen molar-refractivity contribution in [3.63, 3.8) is 0 Å². The maximum Gasteiger partial charge on any atom is 0.573 e. The molecule has 0 spiro atoms. The molecule has 0 radical (unpaired) electrons. The van der Waals surface area contributed by atoms with Gasteiger partial charge in [-0.15, -0.1) is 13.2 Å². The van der Waals surface area contributed by atoms with Crippen LogP contribution in [0.15, 0.2) is 29.8 Å². The highest BCUT2D eigenvalue weighted by molar-refractivity contribution is 5.82. The molecule has 0 aliphatic heterocycles. The molecular weight excluding hydrogens is 233 g/mol. The molecule has 5 heteroatoms. The Hall–Kier alpha value is -1.78. The van der Waals surface area contributed by atoms with E-state index in [1.165, 1.54) is 24.3 Å². The van der Waals surface area contributed by atoms with Gasteiger partial charge in [0.15, 0.2) is 0 Å². The number of ether oxygens (including phenoxy) is 1. The standard InChI is InChI=1S/C12H11F3O2/c1-2-9(8-16)7-10-5-3-4-6-11(10)17-12(13,14)15/h3-8H,2H2,1H3. The van der Waals surface area contributed by atoms with Gasteiger partial charge in [-0.05, 0) is 24.1 Å². The predicted octanol–water partition coefficient (Wildman–Crippen LogP) is 3.58. The minimum atomic E-state index is -4.74. The van der Waals surface area contributed by atoms with Crippen molar-refractivity contribution in [2.75, 3.05) is 0 Å². The van der Waals surface area contributed by atoms with Gasteiger partial charge in [0, 0.05) is 5.56 Å². The lowest BCUT2D eigenvalue weighted by Gasteiger charge is -2.11.